The quantitative estimate of drug-likeness (QED) is 0.670. The SMILES string of the molecule is CCNc1ccc(C)cc1C(=O)NCCS(=O)(=O)NCC. The lowest BCUT2D eigenvalue weighted by atomic mass is 10.1. The van der Waals surface area contributed by atoms with Crippen molar-refractivity contribution < 1.29 is 13.2 Å². The lowest BCUT2D eigenvalue weighted by Gasteiger charge is -2.12. The predicted octanol–water partition coefficient (Wildman–Crippen LogP) is 1.10. The highest BCUT2D eigenvalue weighted by molar-refractivity contribution is 7.89. The molecular formula is C14H23N3O3S. The van der Waals surface area contributed by atoms with Crippen LogP contribution in [-0.4, -0.2) is 39.7 Å². The molecule has 0 heterocycles. The van der Waals surface area contributed by atoms with Gasteiger partial charge in [0.15, 0.2) is 0 Å². The fourth-order valence-electron chi connectivity index (χ4n) is 1.88. The highest BCUT2D eigenvalue weighted by atomic mass is 32.2. The molecule has 0 aliphatic rings. The van der Waals surface area contributed by atoms with Crippen LogP contribution in [0.15, 0.2) is 18.2 Å². The standard InChI is InChI=1S/C14H23N3O3S/c1-4-15-13-7-6-11(3)10-12(13)14(18)16-8-9-21(19,20)17-5-2/h6-7,10,15,17H,4-5,8-9H2,1-3H3,(H,16,18). The Morgan fingerprint density at radius 3 is 2.52 bits per heavy atom. The first kappa shape index (κ1) is 17.5. The van der Waals surface area contributed by atoms with Crippen LogP contribution >= 0.6 is 0 Å². The molecule has 1 aromatic carbocycles. The number of benzene rings is 1. The molecule has 6 nitrogen and oxygen atoms in total. The van der Waals surface area contributed by atoms with Crippen molar-refractivity contribution in [1.82, 2.24) is 10.0 Å². The van der Waals surface area contributed by atoms with Crippen molar-refractivity contribution >= 4 is 21.6 Å². The molecule has 0 aromatic heterocycles. The van der Waals surface area contributed by atoms with Crippen molar-refractivity contribution in [2.24, 2.45) is 0 Å². The van der Waals surface area contributed by atoms with E-state index in [0.29, 0.717) is 18.7 Å². The second-order valence-electron chi connectivity index (χ2n) is 4.65. The fraction of sp³-hybridized carbons (Fsp3) is 0.500. The van der Waals surface area contributed by atoms with E-state index in [1.165, 1.54) is 0 Å². The van der Waals surface area contributed by atoms with Gasteiger partial charge in [-0.1, -0.05) is 18.6 Å². The summed E-state index contributed by atoms with van der Waals surface area (Å²) in [7, 11) is -3.32. The lowest BCUT2D eigenvalue weighted by molar-refractivity contribution is 0.0957. The van der Waals surface area contributed by atoms with Gasteiger partial charge in [0, 0.05) is 25.3 Å². The summed E-state index contributed by atoms with van der Waals surface area (Å²) in [5, 5.41) is 5.76. The second kappa shape index (κ2) is 7.99. The van der Waals surface area contributed by atoms with E-state index in [2.05, 4.69) is 15.4 Å². The van der Waals surface area contributed by atoms with Gasteiger partial charge in [-0.3, -0.25) is 4.79 Å². The van der Waals surface area contributed by atoms with Gasteiger partial charge in [-0.2, -0.15) is 0 Å². The molecule has 0 fully saturated rings. The highest BCUT2D eigenvalue weighted by Gasteiger charge is 2.13. The molecule has 0 aliphatic carbocycles. The van der Waals surface area contributed by atoms with Crippen LogP contribution in [0.2, 0.25) is 0 Å². The minimum Gasteiger partial charge on any atom is -0.385 e. The van der Waals surface area contributed by atoms with E-state index in [9.17, 15) is 13.2 Å². The average molecular weight is 313 g/mol. The normalized spacial score (nSPS) is 11.2. The lowest BCUT2D eigenvalue weighted by Crippen LogP contribution is -2.34. The van der Waals surface area contributed by atoms with Crippen molar-refractivity contribution in [3.8, 4) is 0 Å². The Bertz CT molecular complexity index is 585. The molecule has 3 N–H and O–H groups in total. The van der Waals surface area contributed by atoms with E-state index in [0.717, 1.165) is 11.3 Å². The van der Waals surface area contributed by atoms with E-state index in [1.54, 1.807) is 13.0 Å². The maximum Gasteiger partial charge on any atom is 0.253 e. The van der Waals surface area contributed by atoms with Crippen LogP contribution in [0.3, 0.4) is 0 Å². The second-order valence-corrected chi connectivity index (χ2v) is 6.58. The average Bonchev–Trinajstić information content (AvgIpc) is 2.40. The Kier molecular flexibility index (Phi) is 6.64. The minimum absolute atomic E-state index is 0.0771. The van der Waals surface area contributed by atoms with Crippen LogP contribution in [0, 0.1) is 6.92 Å². The van der Waals surface area contributed by atoms with Crippen LogP contribution < -0.4 is 15.4 Å². The Balaban J connectivity index is 2.69. The Morgan fingerprint density at radius 2 is 1.90 bits per heavy atom. The first-order valence-electron chi connectivity index (χ1n) is 6.99. The van der Waals surface area contributed by atoms with Gasteiger partial charge in [0.05, 0.1) is 11.3 Å². The number of aryl methyl sites for hydroxylation is 1. The smallest absolute Gasteiger partial charge is 0.253 e. The van der Waals surface area contributed by atoms with Gasteiger partial charge in [0.25, 0.3) is 5.91 Å². The number of nitrogens with one attached hydrogen (secondary N) is 3. The summed E-state index contributed by atoms with van der Waals surface area (Å²) in [5.74, 6) is -0.407. The molecule has 1 aromatic rings. The molecule has 1 amide bonds. The fourth-order valence-corrected chi connectivity index (χ4v) is 2.83. The van der Waals surface area contributed by atoms with E-state index >= 15 is 0 Å². The van der Waals surface area contributed by atoms with Gasteiger partial charge < -0.3 is 10.6 Å². The first-order chi connectivity index (χ1) is 9.89. The molecule has 21 heavy (non-hydrogen) atoms. The number of carbonyl (C=O) groups excluding carboxylic acids is 1. The minimum atomic E-state index is -3.32. The molecule has 0 saturated carbocycles. The van der Waals surface area contributed by atoms with Crippen LogP contribution in [0.5, 0.6) is 0 Å². The van der Waals surface area contributed by atoms with Crippen molar-refractivity contribution in [2.75, 3.05) is 30.7 Å². The molecule has 0 atom stereocenters. The number of hydrogen-bond donors (Lipinski definition) is 3. The Labute approximate surface area is 126 Å². The van der Waals surface area contributed by atoms with Gasteiger partial charge in [0.2, 0.25) is 10.0 Å². The van der Waals surface area contributed by atoms with Crippen molar-refractivity contribution in [2.45, 2.75) is 20.8 Å². The number of hydrogen-bond acceptors (Lipinski definition) is 4. The maximum atomic E-state index is 12.2. The Morgan fingerprint density at radius 1 is 1.19 bits per heavy atom. The molecule has 118 valence electrons. The van der Waals surface area contributed by atoms with Gasteiger partial charge in [-0.15, -0.1) is 0 Å². The van der Waals surface area contributed by atoms with Crippen LogP contribution in [-0.2, 0) is 10.0 Å². The zero-order valence-corrected chi connectivity index (χ0v) is 13.5. The monoisotopic (exact) mass is 313 g/mol. The summed E-state index contributed by atoms with van der Waals surface area (Å²) in [4.78, 5) is 12.2. The highest BCUT2D eigenvalue weighted by Crippen LogP contribution is 2.17. The predicted molar refractivity (Wildman–Crippen MR) is 85.1 cm³/mol. The number of amides is 1. The summed E-state index contributed by atoms with van der Waals surface area (Å²) >= 11 is 0. The molecule has 7 heteroatoms. The number of carbonyl (C=O) groups is 1. The molecule has 0 saturated heterocycles. The number of rotatable bonds is 8. The van der Waals surface area contributed by atoms with E-state index in [4.69, 9.17) is 0 Å². The first-order valence-corrected chi connectivity index (χ1v) is 8.65. The summed E-state index contributed by atoms with van der Waals surface area (Å²) in [6, 6.07) is 5.56. The van der Waals surface area contributed by atoms with E-state index < -0.39 is 10.0 Å². The Hall–Kier alpha value is -1.60. The zero-order valence-electron chi connectivity index (χ0n) is 12.7. The topological polar surface area (TPSA) is 87.3 Å². The molecule has 0 spiro atoms. The van der Waals surface area contributed by atoms with Crippen molar-refractivity contribution in [3.63, 3.8) is 0 Å². The molecule has 0 unspecified atom stereocenters. The van der Waals surface area contributed by atoms with Gasteiger partial charge in [-0.05, 0) is 26.0 Å². The largest absolute Gasteiger partial charge is 0.385 e. The van der Waals surface area contributed by atoms with E-state index in [-0.39, 0.29) is 18.2 Å². The zero-order chi connectivity index (χ0) is 15.9. The maximum absolute atomic E-state index is 12.2. The van der Waals surface area contributed by atoms with Crippen LogP contribution in [0.4, 0.5) is 5.69 Å². The molecule has 0 aliphatic heterocycles. The van der Waals surface area contributed by atoms with Crippen LogP contribution in [0.1, 0.15) is 29.8 Å². The van der Waals surface area contributed by atoms with Crippen molar-refractivity contribution in [1.29, 1.82) is 0 Å². The summed E-state index contributed by atoms with van der Waals surface area (Å²) < 4.78 is 25.4. The molecule has 1 rings (SSSR count). The third-order valence-electron chi connectivity index (χ3n) is 2.81. The summed E-state index contributed by atoms with van der Waals surface area (Å²) in [5.41, 5.74) is 2.25. The van der Waals surface area contributed by atoms with Gasteiger partial charge in [-0.25, -0.2) is 13.1 Å². The molecule has 0 bridgehead atoms. The van der Waals surface area contributed by atoms with Crippen LogP contribution in [0.25, 0.3) is 0 Å². The van der Waals surface area contributed by atoms with Gasteiger partial charge >= 0.3 is 0 Å². The summed E-state index contributed by atoms with van der Waals surface area (Å²) in [6.45, 7) is 6.70. The van der Waals surface area contributed by atoms with E-state index in [1.807, 2.05) is 26.0 Å². The summed E-state index contributed by atoms with van der Waals surface area (Å²) in [6.07, 6.45) is 0. The number of sulfonamides is 1. The molecular weight excluding hydrogens is 290 g/mol. The van der Waals surface area contributed by atoms with Gasteiger partial charge in [0.1, 0.15) is 0 Å². The van der Waals surface area contributed by atoms with Crippen molar-refractivity contribution in [3.05, 3.63) is 29.3 Å². The third kappa shape index (κ3) is 5.73. The number of anilines is 1. The molecule has 0 radical (unpaired) electrons. The third-order valence-corrected chi connectivity index (χ3v) is 4.28.